The lowest BCUT2D eigenvalue weighted by Crippen LogP contribution is -2.37. The molecule has 2 aliphatic rings. The Morgan fingerprint density at radius 1 is 0.808 bits per heavy atom. The SMILES string of the molecule is O=C(c1ccc2c(c1)CCCC2)N1CCCN(C(=O)c2ccco2)CC1. The maximum Gasteiger partial charge on any atom is 0.289 e. The summed E-state index contributed by atoms with van der Waals surface area (Å²) in [6.45, 7) is 2.42. The van der Waals surface area contributed by atoms with Crippen molar-refractivity contribution in [2.75, 3.05) is 26.2 Å². The third-order valence-electron chi connectivity index (χ3n) is 5.40. The van der Waals surface area contributed by atoms with Gasteiger partial charge in [-0.1, -0.05) is 6.07 Å². The molecule has 1 saturated heterocycles. The van der Waals surface area contributed by atoms with Crippen molar-refractivity contribution in [1.82, 2.24) is 9.80 Å². The lowest BCUT2D eigenvalue weighted by Gasteiger charge is -2.23. The highest BCUT2D eigenvalue weighted by Crippen LogP contribution is 2.23. The molecule has 0 bridgehead atoms. The highest BCUT2D eigenvalue weighted by Gasteiger charge is 2.25. The van der Waals surface area contributed by atoms with E-state index in [1.54, 1.807) is 17.0 Å². The first-order chi connectivity index (χ1) is 12.7. The molecule has 1 aromatic heterocycles. The van der Waals surface area contributed by atoms with Crippen LogP contribution in [0.5, 0.6) is 0 Å². The van der Waals surface area contributed by atoms with Crippen molar-refractivity contribution >= 4 is 11.8 Å². The van der Waals surface area contributed by atoms with E-state index in [1.165, 1.54) is 30.2 Å². The van der Waals surface area contributed by atoms with Crippen LogP contribution in [0, 0.1) is 0 Å². The number of furan rings is 1. The van der Waals surface area contributed by atoms with E-state index in [9.17, 15) is 9.59 Å². The van der Waals surface area contributed by atoms with Gasteiger partial charge in [-0.15, -0.1) is 0 Å². The summed E-state index contributed by atoms with van der Waals surface area (Å²) < 4.78 is 5.21. The van der Waals surface area contributed by atoms with Crippen LogP contribution in [0.1, 0.15) is 51.3 Å². The summed E-state index contributed by atoms with van der Waals surface area (Å²) in [6, 6.07) is 9.56. The molecule has 5 heteroatoms. The molecule has 1 aliphatic heterocycles. The van der Waals surface area contributed by atoms with E-state index < -0.39 is 0 Å². The summed E-state index contributed by atoms with van der Waals surface area (Å²) in [5.41, 5.74) is 3.49. The average Bonchev–Trinajstić information content (AvgIpc) is 3.11. The predicted octanol–water partition coefficient (Wildman–Crippen LogP) is 3.15. The van der Waals surface area contributed by atoms with Crippen molar-refractivity contribution in [3.8, 4) is 0 Å². The fourth-order valence-corrected chi connectivity index (χ4v) is 3.93. The Bertz CT molecular complexity index is 798. The van der Waals surface area contributed by atoms with Gasteiger partial charge >= 0.3 is 0 Å². The second-order valence-electron chi connectivity index (χ2n) is 7.11. The Kier molecular flexibility index (Phi) is 4.78. The standard InChI is InChI=1S/C21H24N2O3/c24-20(18-9-8-16-5-1-2-6-17(16)15-18)22-10-4-11-23(13-12-22)21(25)19-7-3-14-26-19/h3,7-9,14-15H,1-2,4-6,10-13H2. The van der Waals surface area contributed by atoms with Crippen molar-refractivity contribution in [3.63, 3.8) is 0 Å². The molecule has 0 saturated carbocycles. The minimum Gasteiger partial charge on any atom is -0.459 e. The molecule has 2 amide bonds. The number of carbonyl (C=O) groups is 2. The molecule has 1 aliphatic carbocycles. The van der Waals surface area contributed by atoms with Gasteiger partial charge in [0, 0.05) is 31.7 Å². The summed E-state index contributed by atoms with van der Waals surface area (Å²) >= 11 is 0. The Labute approximate surface area is 153 Å². The van der Waals surface area contributed by atoms with E-state index in [2.05, 4.69) is 12.1 Å². The van der Waals surface area contributed by atoms with Crippen LogP contribution in [0.3, 0.4) is 0 Å². The highest BCUT2D eigenvalue weighted by atomic mass is 16.3. The Morgan fingerprint density at radius 3 is 2.27 bits per heavy atom. The molecule has 1 fully saturated rings. The number of amides is 2. The molecular weight excluding hydrogens is 328 g/mol. The Morgan fingerprint density at radius 2 is 1.54 bits per heavy atom. The van der Waals surface area contributed by atoms with Crippen LogP contribution in [0.4, 0.5) is 0 Å². The maximum atomic E-state index is 12.9. The number of aryl methyl sites for hydroxylation is 2. The Balaban J connectivity index is 1.44. The van der Waals surface area contributed by atoms with Crippen LogP contribution < -0.4 is 0 Å². The average molecular weight is 352 g/mol. The summed E-state index contributed by atoms with van der Waals surface area (Å²) in [4.78, 5) is 29.0. The summed E-state index contributed by atoms with van der Waals surface area (Å²) in [6.07, 6.45) is 6.93. The molecule has 26 heavy (non-hydrogen) atoms. The first-order valence-electron chi connectivity index (χ1n) is 9.46. The molecule has 0 unspecified atom stereocenters. The third-order valence-corrected chi connectivity index (χ3v) is 5.40. The van der Waals surface area contributed by atoms with Crippen LogP contribution in [0.25, 0.3) is 0 Å². The van der Waals surface area contributed by atoms with Gasteiger partial charge < -0.3 is 14.2 Å². The predicted molar refractivity (Wildman–Crippen MR) is 98.2 cm³/mol. The van der Waals surface area contributed by atoms with Crippen LogP contribution in [0.15, 0.2) is 41.0 Å². The van der Waals surface area contributed by atoms with E-state index in [-0.39, 0.29) is 11.8 Å². The largest absolute Gasteiger partial charge is 0.459 e. The minimum atomic E-state index is -0.0990. The minimum absolute atomic E-state index is 0.0747. The fourth-order valence-electron chi connectivity index (χ4n) is 3.93. The highest BCUT2D eigenvalue weighted by molar-refractivity contribution is 5.95. The topological polar surface area (TPSA) is 53.8 Å². The van der Waals surface area contributed by atoms with Crippen LogP contribution >= 0.6 is 0 Å². The van der Waals surface area contributed by atoms with Crippen LogP contribution in [0.2, 0.25) is 0 Å². The summed E-state index contributed by atoms with van der Waals surface area (Å²) in [7, 11) is 0. The van der Waals surface area contributed by atoms with Gasteiger partial charge in [0.2, 0.25) is 0 Å². The van der Waals surface area contributed by atoms with E-state index in [4.69, 9.17) is 4.42 Å². The quantitative estimate of drug-likeness (QED) is 0.834. The molecule has 136 valence electrons. The number of hydrogen-bond acceptors (Lipinski definition) is 3. The van der Waals surface area contributed by atoms with Gasteiger partial charge in [-0.3, -0.25) is 9.59 Å². The van der Waals surface area contributed by atoms with Crippen LogP contribution in [-0.4, -0.2) is 47.8 Å². The summed E-state index contributed by atoms with van der Waals surface area (Å²) in [5.74, 6) is 0.336. The van der Waals surface area contributed by atoms with Gasteiger partial charge in [-0.2, -0.15) is 0 Å². The molecule has 0 spiro atoms. The normalized spacial score (nSPS) is 17.5. The molecule has 2 aromatic rings. The monoisotopic (exact) mass is 352 g/mol. The number of carbonyl (C=O) groups excluding carboxylic acids is 2. The molecular formula is C21H24N2O3. The third kappa shape index (κ3) is 3.39. The Hall–Kier alpha value is -2.56. The number of fused-ring (bicyclic) bond motifs is 1. The second-order valence-corrected chi connectivity index (χ2v) is 7.11. The second kappa shape index (κ2) is 7.36. The first-order valence-corrected chi connectivity index (χ1v) is 9.46. The zero-order valence-corrected chi connectivity index (χ0v) is 14.9. The van der Waals surface area contributed by atoms with Crippen molar-refractivity contribution < 1.29 is 14.0 Å². The zero-order valence-electron chi connectivity index (χ0n) is 14.9. The number of benzene rings is 1. The van der Waals surface area contributed by atoms with Crippen molar-refractivity contribution in [1.29, 1.82) is 0 Å². The maximum absolute atomic E-state index is 12.9. The van der Waals surface area contributed by atoms with Gasteiger partial charge in [0.25, 0.3) is 11.8 Å². The molecule has 1 aromatic carbocycles. The van der Waals surface area contributed by atoms with Gasteiger partial charge in [0.15, 0.2) is 5.76 Å². The molecule has 0 atom stereocenters. The van der Waals surface area contributed by atoms with Gasteiger partial charge in [-0.05, 0) is 67.5 Å². The number of hydrogen-bond donors (Lipinski definition) is 0. The molecule has 2 heterocycles. The molecule has 5 nitrogen and oxygen atoms in total. The lowest BCUT2D eigenvalue weighted by molar-refractivity contribution is 0.0700. The van der Waals surface area contributed by atoms with E-state index >= 15 is 0 Å². The number of nitrogens with zero attached hydrogens (tertiary/aromatic N) is 2. The lowest BCUT2D eigenvalue weighted by atomic mass is 9.90. The van der Waals surface area contributed by atoms with E-state index in [0.29, 0.717) is 31.9 Å². The van der Waals surface area contributed by atoms with Crippen molar-refractivity contribution in [2.24, 2.45) is 0 Å². The van der Waals surface area contributed by atoms with E-state index in [1.807, 2.05) is 11.0 Å². The van der Waals surface area contributed by atoms with Crippen molar-refractivity contribution in [2.45, 2.75) is 32.1 Å². The smallest absolute Gasteiger partial charge is 0.289 e. The van der Waals surface area contributed by atoms with Gasteiger partial charge in [0.05, 0.1) is 6.26 Å². The molecule has 0 N–H and O–H groups in total. The molecule has 4 rings (SSSR count). The zero-order chi connectivity index (χ0) is 17.9. The van der Waals surface area contributed by atoms with Crippen molar-refractivity contribution in [3.05, 3.63) is 59.0 Å². The first kappa shape index (κ1) is 16.9. The van der Waals surface area contributed by atoms with Crippen LogP contribution in [-0.2, 0) is 12.8 Å². The van der Waals surface area contributed by atoms with Gasteiger partial charge in [0.1, 0.15) is 0 Å². The fraction of sp³-hybridized carbons (Fsp3) is 0.429. The number of rotatable bonds is 2. The van der Waals surface area contributed by atoms with E-state index in [0.717, 1.165) is 24.8 Å². The molecule has 0 radical (unpaired) electrons. The summed E-state index contributed by atoms with van der Waals surface area (Å²) in [5, 5.41) is 0. The van der Waals surface area contributed by atoms with Gasteiger partial charge in [-0.25, -0.2) is 0 Å².